The molecule has 0 bridgehead atoms. The molecule has 2 rings (SSSR count). The number of hydrogen-bond acceptors (Lipinski definition) is 5. The largest absolute Gasteiger partial charge is 0.388 e. The van der Waals surface area contributed by atoms with E-state index in [1.54, 1.807) is 24.7 Å². The van der Waals surface area contributed by atoms with Gasteiger partial charge in [0, 0.05) is 25.1 Å². The summed E-state index contributed by atoms with van der Waals surface area (Å²) in [5, 5.41) is 3.13. The van der Waals surface area contributed by atoms with Crippen LogP contribution in [0.25, 0.3) is 0 Å². The van der Waals surface area contributed by atoms with Gasteiger partial charge in [-0.2, -0.15) is 0 Å². The number of nitrogens with one attached hydrogen (secondary N) is 1. The number of anilines is 1. The normalized spacial score (nSPS) is 10.0. The Morgan fingerprint density at radius 2 is 2.00 bits per heavy atom. The van der Waals surface area contributed by atoms with Crippen LogP contribution in [0.2, 0.25) is 0 Å². The van der Waals surface area contributed by atoms with Gasteiger partial charge in [0.15, 0.2) is 0 Å². The highest BCUT2D eigenvalue weighted by Crippen LogP contribution is 2.02. The number of thiocarbonyl (C=S) groups is 1. The van der Waals surface area contributed by atoms with Gasteiger partial charge < -0.3 is 11.1 Å². The second-order valence-electron chi connectivity index (χ2n) is 3.66. The van der Waals surface area contributed by atoms with Gasteiger partial charge >= 0.3 is 0 Å². The third-order valence-corrected chi connectivity index (χ3v) is 2.56. The van der Waals surface area contributed by atoms with Gasteiger partial charge in [0.1, 0.15) is 10.7 Å². The molecule has 2 aromatic rings. The summed E-state index contributed by atoms with van der Waals surface area (Å²) in [6.45, 7) is 0.741. The summed E-state index contributed by atoms with van der Waals surface area (Å²) in [7, 11) is 0. The third-order valence-electron chi connectivity index (χ3n) is 2.35. The minimum Gasteiger partial charge on any atom is -0.388 e. The molecule has 0 saturated heterocycles. The molecule has 2 aromatic heterocycles. The maximum absolute atomic E-state index is 5.51. The number of hydrogen-bond donors (Lipinski definition) is 2. The van der Waals surface area contributed by atoms with Crippen LogP contribution in [0, 0.1) is 0 Å². The molecule has 0 saturated carbocycles. The first kappa shape index (κ1) is 12.4. The molecule has 0 aliphatic rings. The zero-order chi connectivity index (χ0) is 12.8. The smallest absolute Gasteiger partial charge is 0.223 e. The molecule has 0 unspecified atom stereocenters. The molecule has 18 heavy (non-hydrogen) atoms. The van der Waals surface area contributed by atoms with E-state index in [0.717, 1.165) is 13.0 Å². The van der Waals surface area contributed by atoms with E-state index in [0.29, 0.717) is 11.6 Å². The molecule has 3 N–H and O–H groups in total. The van der Waals surface area contributed by atoms with E-state index < -0.39 is 0 Å². The van der Waals surface area contributed by atoms with Crippen molar-refractivity contribution in [2.45, 2.75) is 6.42 Å². The summed E-state index contributed by atoms with van der Waals surface area (Å²) in [6.07, 6.45) is 6.07. The maximum Gasteiger partial charge on any atom is 0.223 e. The summed E-state index contributed by atoms with van der Waals surface area (Å²) >= 11 is 4.86. The average Bonchev–Trinajstić information content (AvgIpc) is 2.40. The van der Waals surface area contributed by atoms with Gasteiger partial charge in [-0.05, 0) is 30.2 Å². The molecule has 2 heterocycles. The zero-order valence-electron chi connectivity index (χ0n) is 9.71. The fourth-order valence-corrected chi connectivity index (χ4v) is 1.56. The SMILES string of the molecule is NC(=S)c1ccnc(NCCc2ccncc2)n1. The van der Waals surface area contributed by atoms with Gasteiger partial charge in [-0.25, -0.2) is 9.97 Å². The standard InChI is InChI=1S/C12H13N5S/c13-11(18)10-4-8-16-12(17-10)15-7-3-9-1-5-14-6-2-9/h1-2,4-6,8H,3,7H2,(H2,13,18)(H,15,16,17). The number of nitrogens with two attached hydrogens (primary N) is 1. The van der Waals surface area contributed by atoms with E-state index in [1.807, 2.05) is 12.1 Å². The van der Waals surface area contributed by atoms with E-state index >= 15 is 0 Å². The highest BCUT2D eigenvalue weighted by molar-refractivity contribution is 7.80. The first-order valence-corrected chi connectivity index (χ1v) is 5.92. The lowest BCUT2D eigenvalue weighted by molar-refractivity contribution is 0.977. The fourth-order valence-electron chi connectivity index (χ4n) is 1.45. The Balaban J connectivity index is 1.90. The van der Waals surface area contributed by atoms with Gasteiger partial charge in [0.05, 0.1) is 0 Å². The Bertz CT molecular complexity index is 529. The lowest BCUT2D eigenvalue weighted by atomic mass is 10.2. The number of nitrogens with zero attached hydrogens (tertiary/aromatic N) is 3. The summed E-state index contributed by atoms with van der Waals surface area (Å²) < 4.78 is 0. The molecule has 0 aromatic carbocycles. The zero-order valence-corrected chi connectivity index (χ0v) is 10.5. The van der Waals surface area contributed by atoms with Crippen LogP contribution in [0.1, 0.15) is 11.3 Å². The van der Waals surface area contributed by atoms with Gasteiger partial charge in [-0.15, -0.1) is 0 Å². The molecule has 0 radical (unpaired) electrons. The third kappa shape index (κ3) is 3.46. The minimum absolute atomic E-state index is 0.273. The van der Waals surface area contributed by atoms with E-state index in [2.05, 4.69) is 20.3 Å². The van der Waals surface area contributed by atoms with Crippen LogP contribution in [0.5, 0.6) is 0 Å². The molecule has 0 aliphatic heterocycles. The van der Waals surface area contributed by atoms with Crippen LogP contribution in [0.3, 0.4) is 0 Å². The Morgan fingerprint density at radius 3 is 2.72 bits per heavy atom. The van der Waals surface area contributed by atoms with Crippen molar-refractivity contribution in [3.63, 3.8) is 0 Å². The van der Waals surface area contributed by atoms with Gasteiger partial charge in [0.25, 0.3) is 0 Å². The quantitative estimate of drug-likeness (QED) is 0.785. The summed E-state index contributed by atoms with van der Waals surface area (Å²) in [6, 6.07) is 5.65. The number of rotatable bonds is 5. The van der Waals surface area contributed by atoms with Crippen LogP contribution >= 0.6 is 12.2 Å². The molecule has 0 fully saturated rings. The molecule has 0 amide bonds. The Kier molecular flexibility index (Phi) is 4.14. The number of pyridine rings is 1. The van der Waals surface area contributed by atoms with Crippen molar-refractivity contribution in [3.8, 4) is 0 Å². The van der Waals surface area contributed by atoms with Crippen molar-refractivity contribution in [1.82, 2.24) is 15.0 Å². The van der Waals surface area contributed by atoms with Crippen LogP contribution in [0.4, 0.5) is 5.95 Å². The molecule has 6 heteroatoms. The first-order chi connectivity index (χ1) is 8.75. The van der Waals surface area contributed by atoms with Crippen LogP contribution < -0.4 is 11.1 Å². The second-order valence-corrected chi connectivity index (χ2v) is 4.10. The second kappa shape index (κ2) is 6.02. The summed E-state index contributed by atoms with van der Waals surface area (Å²) in [5.74, 6) is 0.536. The topological polar surface area (TPSA) is 76.7 Å². The van der Waals surface area contributed by atoms with Crippen LogP contribution in [0.15, 0.2) is 36.8 Å². The molecule has 5 nitrogen and oxygen atoms in total. The Labute approximate surface area is 110 Å². The van der Waals surface area contributed by atoms with E-state index in [1.165, 1.54) is 5.56 Å². The van der Waals surface area contributed by atoms with Crippen molar-refractivity contribution < 1.29 is 0 Å². The van der Waals surface area contributed by atoms with Crippen molar-refractivity contribution >= 4 is 23.2 Å². The van der Waals surface area contributed by atoms with Crippen molar-refractivity contribution in [1.29, 1.82) is 0 Å². The van der Waals surface area contributed by atoms with E-state index in [-0.39, 0.29) is 4.99 Å². The summed E-state index contributed by atoms with van der Waals surface area (Å²) in [5.41, 5.74) is 7.30. The lowest BCUT2D eigenvalue weighted by Gasteiger charge is -2.05. The Hall–Kier alpha value is -2.08. The van der Waals surface area contributed by atoms with Crippen LogP contribution in [-0.4, -0.2) is 26.5 Å². The Morgan fingerprint density at radius 1 is 1.22 bits per heavy atom. The fraction of sp³-hybridized carbons (Fsp3) is 0.167. The molecular formula is C12H13N5S. The van der Waals surface area contributed by atoms with E-state index in [4.69, 9.17) is 18.0 Å². The van der Waals surface area contributed by atoms with Crippen LogP contribution in [-0.2, 0) is 6.42 Å². The number of aromatic nitrogens is 3. The molecule has 0 aliphatic carbocycles. The maximum atomic E-state index is 5.51. The van der Waals surface area contributed by atoms with Gasteiger partial charge in [-0.1, -0.05) is 12.2 Å². The predicted molar refractivity (Wildman–Crippen MR) is 74.4 cm³/mol. The average molecular weight is 259 g/mol. The van der Waals surface area contributed by atoms with Crippen molar-refractivity contribution in [3.05, 3.63) is 48.0 Å². The molecular weight excluding hydrogens is 246 g/mol. The lowest BCUT2D eigenvalue weighted by Crippen LogP contribution is -2.14. The molecule has 92 valence electrons. The predicted octanol–water partition coefficient (Wildman–Crippen LogP) is 1.16. The summed E-state index contributed by atoms with van der Waals surface area (Å²) in [4.78, 5) is 12.5. The molecule has 0 atom stereocenters. The highest BCUT2D eigenvalue weighted by Gasteiger charge is 2.01. The minimum atomic E-state index is 0.273. The monoisotopic (exact) mass is 259 g/mol. The van der Waals surface area contributed by atoms with Crippen molar-refractivity contribution in [2.24, 2.45) is 5.73 Å². The highest BCUT2D eigenvalue weighted by atomic mass is 32.1. The van der Waals surface area contributed by atoms with Gasteiger partial charge in [-0.3, -0.25) is 4.98 Å². The first-order valence-electron chi connectivity index (χ1n) is 5.51. The van der Waals surface area contributed by atoms with Gasteiger partial charge in [0.2, 0.25) is 5.95 Å². The molecule has 0 spiro atoms. The van der Waals surface area contributed by atoms with E-state index in [9.17, 15) is 0 Å². The van der Waals surface area contributed by atoms with Crippen molar-refractivity contribution in [2.75, 3.05) is 11.9 Å².